The summed E-state index contributed by atoms with van der Waals surface area (Å²) >= 11 is 0. The first-order valence-electron chi connectivity index (χ1n) is 7.56. The average molecular weight is 270 g/mol. The van der Waals surface area contributed by atoms with Gasteiger partial charge in [0, 0.05) is 23.4 Å². The van der Waals surface area contributed by atoms with E-state index in [0.29, 0.717) is 12.5 Å². The summed E-state index contributed by atoms with van der Waals surface area (Å²) in [6.07, 6.45) is 6.17. The monoisotopic (exact) mass is 270 g/mol. The maximum atomic E-state index is 12.7. The van der Waals surface area contributed by atoms with E-state index >= 15 is 0 Å². The van der Waals surface area contributed by atoms with E-state index in [1.165, 1.54) is 32.1 Å². The third kappa shape index (κ3) is 2.06. The maximum Gasteiger partial charge on any atom is 0.259 e. The van der Waals surface area contributed by atoms with Gasteiger partial charge in [-0.3, -0.25) is 4.79 Å². The SMILES string of the molecule is C=C1c2ccccc2C(=O)N1C(CN)C1CCCCC1. The number of carbonyl (C=O) groups is 1. The van der Waals surface area contributed by atoms with E-state index in [1.54, 1.807) is 0 Å². The molecule has 1 amide bonds. The number of amides is 1. The van der Waals surface area contributed by atoms with Crippen LogP contribution in [0.1, 0.15) is 48.0 Å². The molecule has 0 spiro atoms. The van der Waals surface area contributed by atoms with Gasteiger partial charge in [0.15, 0.2) is 0 Å². The third-order valence-corrected chi connectivity index (χ3v) is 4.75. The molecule has 3 rings (SSSR count). The maximum absolute atomic E-state index is 12.7. The highest BCUT2D eigenvalue weighted by molar-refractivity contribution is 6.09. The Morgan fingerprint density at radius 2 is 1.85 bits per heavy atom. The van der Waals surface area contributed by atoms with Gasteiger partial charge in [-0.2, -0.15) is 0 Å². The second kappa shape index (κ2) is 5.41. The standard InChI is InChI=1S/C17H22N2O/c1-12-14-9-5-6-10-15(14)17(20)19(12)16(11-18)13-7-3-2-4-8-13/h5-6,9-10,13,16H,1-4,7-8,11,18H2. The molecule has 0 bridgehead atoms. The first-order chi connectivity index (χ1) is 9.74. The number of nitrogens with zero attached hydrogens (tertiary/aromatic N) is 1. The number of hydrogen-bond donors (Lipinski definition) is 1. The molecule has 1 aromatic rings. The Morgan fingerprint density at radius 1 is 1.20 bits per heavy atom. The van der Waals surface area contributed by atoms with E-state index < -0.39 is 0 Å². The van der Waals surface area contributed by atoms with Crippen LogP contribution in [0.15, 0.2) is 30.8 Å². The Bertz CT molecular complexity index is 497. The molecule has 1 heterocycles. The molecule has 3 nitrogen and oxygen atoms in total. The van der Waals surface area contributed by atoms with Crippen molar-refractivity contribution in [1.29, 1.82) is 0 Å². The number of rotatable bonds is 3. The molecule has 2 N–H and O–H groups in total. The topological polar surface area (TPSA) is 46.3 Å². The van der Waals surface area contributed by atoms with Crippen molar-refractivity contribution in [2.24, 2.45) is 11.7 Å². The summed E-state index contributed by atoms with van der Waals surface area (Å²) in [6.45, 7) is 4.66. The van der Waals surface area contributed by atoms with Gasteiger partial charge >= 0.3 is 0 Å². The summed E-state index contributed by atoms with van der Waals surface area (Å²) in [5.41, 5.74) is 8.57. The van der Waals surface area contributed by atoms with Gasteiger partial charge in [-0.25, -0.2) is 0 Å². The van der Waals surface area contributed by atoms with E-state index in [2.05, 4.69) is 6.58 Å². The zero-order valence-corrected chi connectivity index (χ0v) is 11.8. The highest BCUT2D eigenvalue weighted by Gasteiger charge is 2.38. The normalized spacial score (nSPS) is 21.1. The van der Waals surface area contributed by atoms with E-state index in [9.17, 15) is 4.79 Å². The summed E-state index contributed by atoms with van der Waals surface area (Å²) in [5, 5.41) is 0. The zero-order chi connectivity index (χ0) is 14.1. The largest absolute Gasteiger partial charge is 0.328 e. The molecule has 1 atom stereocenters. The fourth-order valence-electron chi connectivity index (χ4n) is 3.68. The Balaban J connectivity index is 1.90. The molecule has 3 heteroatoms. The number of fused-ring (bicyclic) bond motifs is 1. The van der Waals surface area contributed by atoms with Crippen molar-refractivity contribution >= 4 is 11.6 Å². The third-order valence-electron chi connectivity index (χ3n) is 4.75. The number of hydrogen-bond acceptors (Lipinski definition) is 2. The van der Waals surface area contributed by atoms with Crippen molar-refractivity contribution in [1.82, 2.24) is 4.90 Å². The Labute approximate surface area is 120 Å². The van der Waals surface area contributed by atoms with Crippen molar-refractivity contribution in [3.63, 3.8) is 0 Å². The molecular weight excluding hydrogens is 248 g/mol. The predicted octanol–water partition coefficient (Wildman–Crippen LogP) is 3.02. The lowest BCUT2D eigenvalue weighted by Crippen LogP contribution is -2.45. The zero-order valence-electron chi connectivity index (χ0n) is 11.8. The van der Waals surface area contributed by atoms with Crippen molar-refractivity contribution in [2.45, 2.75) is 38.1 Å². The van der Waals surface area contributed by atoms with Crippen LogP contribution in [0.5, 0.6) is 0 Å². The van der Waals surface area contributed by atoms with E-state index in [4.69, 9.17) is 5.73 Å². The first kappa shape index (κ1) is 13.4. The lowest BCUT2D eigenvalue weighted by atomic mass is 9.83. The Kier molecular flexibility index (Phi) is 3.62. The lowest BCUT2D eigenvalue weighted by Gasteiger charge is -2.36. The second-order valence-corrected chi connectivity index (χ2v) is 5.87. The quantitative estimate of drug-likeness (QED) is 0.917. The number of nitrogens with two attached hydrogens (primary N) is 1. The van der Waals surface area contributed by atoms with Gasteiger partial charge in [-0.05, 0) is 24.8 Å². The van der Waals surface area contributed by atoms with Crippen LogP contribution in [0.2, 0.25) is 0 Å². The van der Waals surface area contributed by atoms with Crippen molar-refractivity contribution in [3.05, 3.63) is 42.0 Å². The van der Waals surface area contributed by atoms with Gasteiger partial charge in [0.1, 0.15) is 0 Å². The molecule has 2 aliphatic rings. The fourth-order valence-corrected chi connectivity index (χ4v) is 3.68. The van der Waals surface area contributed by atoms with E-state index in [0.717, 1.165) is 16.8 Å². The van der Waals surface area contributed by atoms with Gasteiger partial charge < -0.3 is 10.6 Å². The summed E-state index contributed by atoms with van der Waals surface area (Å²) < 4.78 is 0. The molecule has 0 radical (unpaired) electrons. The summed E-state index contributed by atoms with van der Waals surface area (Å²) in [5.74, 6) is 0.593. The minimum absolute atomic E-state index is 0.0756. The molecule has 1 unspecified atom stereocenters. The minimum atomic E-state index is 0.0756. The van der Waals surface area contributed by atoms with Gasteiger partial charge in [-0.15, -0.1) is 0 Å². The van der Waals surface area contributed by atoms with Crippen LogP contribution in [0.25, 0.3) is 5.70 Å². The predicted molar refractivity (Wildman–Crippen MR) is 81.1 cm³/mol. The van der Waals surface area contributed by atoms with Crippen LogP contribution in [-0.2, 0) is 0 Å². The fraction of sp³-hybridized carbons (Fsp3) is 0.471. The molecule has 1 saturated carbocycles. The van der Waals surface area contributed by atoms with Crippen LogP contribution < -0.4 is 5.73 Å². The van der Waals surface area contributed by atoms with Crippen LogP contribution in [0, 0.1) is 5.92 Å². The van der Waals surface area contributed by atoms with Crippen LogP contribution in [-0.4, -0.2) is 23.4 Å². The molecule has 0 aromatic heterocycles. The Morgan fingerprint density at radius 3 is 2.45 bits per heavy atom. The van der Waals surface area contributed by atoms with Crippen molar-refractivity contribution < 1.29 is 4.79 Å². The molecule has 1 aromatic carbocycles. The van der Waals surface area contributed by atoms with Crippen molar-refractivity contribution in [3.8, 4) is 0 Å². The second-order valence-electron chi connectivity index (χ2n) is 5.87. The number of benzene rings is 1. The molecule has 1 aliphatic carbocycles. The highest BCUT2D eigenvalue weighted by Crippen LogP contribution is 2.37. The molecule has 106 valence electrons. The van der Waals surface area contributed by atoms with E-state index in [1.807, 2.05) is 29.2 Å². The minimum Gasteiger partial charge on any atom is -0.328 e. The van der Waals surface area contributed by atoms with Gasteiger partial charge in [-0.1, -0.05) is 44.0 Å². The first-order valence-corrected chi connectivity index (χ1v) is 7.56. The lowest BCUT2D eigenvalue weighted by molar-refractivity contribution is 0.0744. The van der Waals surface area contributed by atoms with Gasteiger partial charge in [0.25, 0.3) is 5.91 Å². The summed E-state index contributed by atoms with van der Waals surface area (Å²) in [7, 11) is 0. The summed E-state index contributed by atoms with van der Waals surface area (Å²) in [4.78, 5) is 14.5. The van der Waals surface area contributed by atoms with E-state index in [-0.39, 0.29) is 11.9 Å². The molecule has 0 saturated heterocycles. The molecule has 20 heavy (non-hydrogen) atoms. The average Bonchev–Trinajstić information content (AvgIpc) is 2.75. The molecule has 1 fully saturated rings. The summed E-state index contributed by atoms with van der Waals surface area (Å²) in [6, 6.07) is 7.83. The van der Waals surface area contributed by atoms with Crippen LogP contribution in [0.3, 0.4) is 0 Å². The highest BCUT2D eigenvalue weighted by atomic mass is 16.2. The molecule has 1 aliphatic heterocycles. The Hall–Kier alpha value is -1.61. The van der Waals surface area contributed by atoms with Crippen molar-refractivity contribution in [2.75, 3.05) is 6.54 Å². The smallest absolute Gasteiger partial charge is 0.259 e. The van der Waals surface area contributed by atoms with Crippen LogP contribution in [0.4, 0.5) is 0 Å². The van der Waals surface area contributed by atoms with Crippen LogP contribution >= 0.6 is 0 Å². The number of carbonyl (C=O) groups excluding carboxylic acids is 1. The molecular formula is C17H22N2O. The van der Waals surface area contributed by atoms with Gasteiger partial charge in [0.05, 0.1) is 6.04 Å². The van der Waals surface area contributed by atoms with Gasteiger partial charge in [0.2, 0.25) is 0 Å².